The number of benzene rings is 1. The third kappa shape index (κ3) is 7.03. The highest BCUT2D eigenvalue weighted by Crippen LogP contribution is 2.22. The van der Waals surface area contributed by atoms with Crippen LogP contribution in [0.15, 0.2) is 24.3 Å². The first-order chi connectivity index (χ1) is 10.6. The molecule has 128 valence electrons. The number of hydrogen-bond acceptors (Lipinski definition) is 3. The van der Waals surface area contributed by atoms with Crippen LogP contribution in [-0.2, 0) is 9.59 Å². The summed E-state index contributed by atoms with van der Waals surface area (Å²) in [4.78, 5) is 22.3. The van der Waals surface area contributed by atoms with E-state index in [0.29, 0.717) is 5.75 Å². The molecule has 1 atom stereocenters. The smallest absolute Gasteiger partial charge is 0.391 e. The zero-order valence-corrected chi connectivity index (χ0v) is 12.7. The molecule has 0 aliphatic rings. The molecule has 1 aromatic carbocycles. The summed E-state index contributed by atoms with van der Waals surface area (Å²) in [5.41, 5.74) is 0.975. The van der Waals surface area contributed by atoms with Crippen LogP contribution in [0, 0.1) is 0 Å². The summed E-state index contributed by atoms with van der Waals surface area (Å²) in [7, 11) is 0. The van der Waals surface area contributed by atoms with Crippen LogP contribution in [0.3, 0.4) is 0 Å². The van der Waals surface area contributed by atoms with Crippen molar-refractivity contribution in [2.45, 2.75) is 38.4 Å². The number of nitrogens with one attached hydrogen (secondary N) is 1. The van der Waals surface area contributed by atoms with Crippen LogP contribution in [0.4, 0.5) is 13.2 Å². The minimum Gasteiger partial charge on any atom is -0.484 e. The van der Waals surface area contributed by atoms with Crippen LogP contribution in [-0.4, -0.2) is 35.8 Å². The number of alkyl halides is 3. The van der Waals surface area contributed by atoms with E-state index in [9.17, 15) is 22.8 Å². The van der Waals surface area contributed by atoms with Gasteiger partial charge < -0.3 is 15.2 Å². The Kier molecular flexibility index (Phi) is 6.41. The summed E-state index contributed by atoms with van der Waals surface area (Å²) in [5.74, 6) is -2.06. The molecule has 0 heterocycles. The van der Waals surface area contributed by atoms with Crippen LogP contribution in [0.2, 0.25) is 0 Å². The second-order valence-electron chi connectivity index (χ2n) is 5.29. The van der Waals surface area contributed by atoms with E-state index in [0.717, 1.165) is 5.56 Å². The Bertz CT molecular complexity index is 558. The zero-order chi connectivity index (χ0) is 17.6. The fourth-order valence-corrected chi connectivity index (χ4v) is 1.78. The third-order valence-electron chi connectivity index (χ3n) is 2.96. The SMILES string of the molecule is CC(C)c1cccc(OCC(=O)NC(CC(F)(F)F)C(=O)O)c1. The lowest BCUT2D eigenvalue weighted by Gasteiger charge is -2.16. The Labute approximate surface area is 131 Å². The third-order valence-corrected chi connectivity index (χ3v) is 2.96. The second kappa shape index (κ2) is 7.85. The van der Waals surface area contributed by atoms with Crippen molar-refractivity contribution in [3.63, 3.8) is 0 Å². The van der Waals surface area contributed by atoms with E-state index in [2.05, 4.69) is 0 Å². The van der Waals surface area contributed by atoms with Crippen molar-refractivity contribution in [2.75, 3.05) is 6.61 Å². The highest BCUT2D eigenvalue weighted by atomic mass is 19.4. The largest absolute Gasteiger partial charge is 0.484 e. The molecule has 0 spiro atoms. The summed E-state index contributed by atoms with van der Waals surface area (Å²) < 4.78 is 41.9. The van der Waals surface area contributed by atoms with Crippen LogP contribution in [0.5, 0.6) is 5.75 Å². The van der Waals surface area contributed by atoms with Gasteiger partial charge >= 0.3 is 12.1 Å². The van der Waals surface area contributed by atoms with Gasteiger partial charge in [0, 0.05) is 0 Å². The number of carboxylic acid groups (broad SMARTS) is 1. The Morgan fingerprint density at radius 3 is 2.48 bits per heavy atom. The van der Waals surface area contributed by atoms with Crippen LogP contribution >= 0.6 is 0 Å². The van der Waals surface area contributed by atoms with Crippen molar-refractivity contribution >= 4 is 11.9 Å². The van der Waals surface area contributed by atoms with Gasteiger partial charge in [-0.05, 0) is 23.6 Å². The minimum atomic E-state index is -4.69. The molecule has 0 saturated heterocycles. The first-order valence-corrected chi connectivity index (χ1v) is 6.90. The van der Waals surface area contributed by atoms with Gasteiger partial charge in [-0.25, -0.2) is 4.79 Å². The van der Waals surface area contributed by atoms with E-state index in [-0.39, 0.29) is 5.92 Å². The maximum Gasteiger partial charge on any atom is 0.391 e. The molecular weight excluding hydrogens is 315 g/mol. The molecule has 8 heteroatoms. The number of rotatable bonds is 7. The summed E-state index contributed by atoms with van der Waals surface area (Å²) in [6.45, 7) is 3.38. The number of hydrogen-bond donors (Lipinski definition) is 2. The Morgan fingerprint density at radius 2 is 1.96 bits per heavy atom. The molecule has 0 radical (unpaired) electrons. The quantitative estimate of drug-likeness (QED) is 0.804. The average molecular weight is 333 g/mol. The number of ether oxygens (including phenoxy) is 1. The molecular formula is C15H18F3NO4. The topological polar surface area (TPSA) is 75.6 Å². The maximum atomic E-state index is 12.2. The fraction of sp³-hybridized carbons (Fsp3) is 0.467. The van der Waals surface area contributed by atoms with E-state index in [4.69, 9.17) is 9.84 Å². The number of carbonyl (C=O) groups excluding carboxylic acids is 1. The average Bonchev–Trinajstić information content (AvgIpc) is 2.43. The first-order valence-electron chi connectivity index (χ1n) is 6.90. The molecule has 2 N–H and O–H groups in total. The summed E-state index contributed by atoms with van der Waals surface area (Å²) >= 11 is 0. The molecule has 0 aliphatic carbocycles. The van der Waals surface area contributed by atoms with Gasteiger partial charge in [-0.15, -0.1) is 0 Å². The van der Waals surface area contributed by atoms with Gasteiger partial charge in [-0.3, -0.25) is 4.79 Å². The molecule has 0 aromatic heterocycles. The van der Waals surface area contributed by atoms with Crippen molar-refractivity contribution in [1.82, 2.24) is 5.32 Å². The molecule has 1 rings (SSSR count). The van der Waals surface area contributed by atoms with Gasteiger partial charge in [0.1, 0.15) is 11.8 Å². The molecule has 0 saturated carbocycles. The summed E-state index contributed by atoms with van der Waals surface area (Å²) in [6, 6.07) is 4.88. The van der Waals surface area contributed by atoms with Gasteiger partial charge in [-0.1, -0.05) is 26.0 Å². The summed E-state index contributed by atoms with van der Waals surface area (Å²) in [5, 5.41) is 10.5. The number of amides is 1. The normalized spacial score (nSPS) is 12.8. The van der Waals surface area contributed by atoms with E-state index in [1.165, 1.54) is 0 Å². The minimum absolute atomic E-state index is 0.246. The van der Waals surface area contributed by atoms with Crippen molar-refractivity contribution in [3.05, 3.63) is 29.8 Å². The van der Waals surface area contributed by atoms with Gasteiger partial charge in [0.15, 0.2) is 6.61 Å². The van der Waals surface area contributed by atoms with Crippen LogP contribution in [0.1, 0.15) is 31.7 Å². The molecule has 23 heavy (non-hydrogen) atoms. The maximum absolute atomic E-state index is 12.2. The van der Waals surface area contributed by atoms with E-state index in [1.807, 2.05) is 19.9 Å². The standard InChI is InChI=1S/C15H18F3NO4/c1-9(2)10-4-3-5-11(6-10)23-8-13(20)19-12(14(21)22)7-15(16,17)18/h3-6,9,12H,7-8H2,1-2H3,(H,19,20)(H,21,22). The van der Waals surface area contributed by atoms with Crippen LogP contribution in [0.25, 0.3) is 0 Å². The Balaban J connectivity index is 2.58. The lowest BCUT2D eigenvalue weighted by molar-refractivity contribution is -0.160. The number of halogens is 3. The second-order valence-corrected chi connectivity index (χ2v) is 5.29. The lowest BCUT2D eigenvalue weighted by atomic mass is 10.0. The fourth-order valence-electron chi connectivity index (χ4n) is 1.78. The number of carboxylic acids is 1. The highest BCUT2D eigenvalue weighted by molar-refractivity contribution is 5.84. The van der Waals surface area contributed by atoms with Gasteiger partial charge in [-0.2, -0.15) is 13.2 Å². The van der Waals surface area contributed by atoms with E-state index in [1.54, 1.807) is 23.5 Å². The van der Waals surface area contributed by atoms with Crippen molar-refractivity contribution in [2.24, 2.45) is 0 Å². The Hall–Kier alpha value is -2.25. The van der Waals surface area contributed by atoms with Crippen LogP contribution < -0.4 is 10.1 Å². The molecule has 0 bridgehead atoms. The monoisotopic (exact) mass is 333 g/mol. The van der Waals surface area contributed by atoms with Crippen molar-refractivity contribution in [3.8, 4) is 5.75 Å². The van der Waals surface area contributed by atoms with Gasteiger partial charge in [0.2, 0.25) is 0 Å². The molecule has 1 amide bonds. The molecule has 0 aliphatic heterocycles. The predicted octanol–water partition coefficient (Wildman–Crippen LogP) is 2.71. The first kappa shape index (κ1) is 18.8. The molecule has 0 fully saturated rings. The number of carbonyl (C=O) groups is 2. The lowest BCUT2D eigenvalue weighted by Crippen LogP contribution is -2.45. The van der Waals surface area contributed by atoms with Crippen molar-refractivity contribution in [1.29, 1.82) is 0 Å². The summed E-state index contributed by atoms with van der Waals surface area (Å²) in [6.07, 6.45) is -6.33. The highest BCUT2D eigenvalue weighted by Gasteiger charge is 2.36. The van der Waals surface area contributed by atoms with E-state index >= 15 is 0 Å². The predicted molar refractivity (Wildman–Crippen MR) is 76.3 cm³/mol. The van der Waals surface area contributed by atoms with Gasteiger partial charge in [0.05, 0.1) is 6.42 Å². The Morgan fingerprint density at radius 1 is 1.30 bits per heavy atom. The zero-order valence-electron chi connectivity index (χ0n) is 12.7. The van der Waals surface area contributed by atoms with Gasteiger partial charge in [0.25, 0.3) is 5.91 Å². The molecule has 1 aromatic rings. The molecule has 5 nitrogen and oxygen atoms in total. The van der Waals surface area contributed by atoms with Crippen molar-refractivity contribution < 1.29 is 32.6 Å². The molecule has 1 unspecified atom stereocenters. The van der Waals surface area contributed by atoms with E-state index < -0.39 is 37.1 Å². The number of aliphatic carboxylic acids is 1.